The lowest BCUT2D eigenvalue weighted by Crippen LogP contribution is -2.55. The molecule has 2 saturated heterocycles. The number of amides is 2. The summed E-state index contributed by atoms with van der Waals surface area (Å²) in [6.45, 7) is 5.10. The van der Waals surface area contributed by atoms with E-state index in [1.54, 1.807) is 0 Å². The number of hydrogen-bond acceptors (Lipinski definition) is 3. The zero-order valence-electron chi connectivity index (χ0n) is 20.1. The second-order valence-electron chi connectivity index (χ2n) is 9.77. The van der Waals surface area contributed by atoms with Crippen molar-refractivity contribution in [2.45, 2.75) is 51.6 Å². The number of likely N-dealkylation sites (tertiary alicyclic amines) is 2. The number of fused-ring (bicyclic) bond motifs is 2. The quantitative estimate of drug-likeness (QED) is 0.706. The minimum absolute atomic E-state index is 0.0125. The first-order chi connectivity index (χ1) is 16.7. The molecular formula is C29H35N3O2. The molecule has 5 heteroatoms. The lowest BCUT2D eigenvalue weighted by atomic mass is 9.85. The highest BCUT2D eigenvalue weighted by Gasteiger charge is 2.36. The first-order valence-electron chi connectivity index (χ1n) is 12.8. The van der Waals surface area contributed by atoms with Gasteiger partial charge in [0, 0.05) is 32.1 Å². The Balaban J connectivity index is 1.41. The molecule has 34 heavy (non-hydrogen) atoms. The van der Waals surface area contributed by atoms with Gasteiger partial charge in [-0.05, 0) is 73.3 Å². The smallest absolute Gasteiger partial charge is 0.223 e. The zero-order chi connectivity index (χ0) is 23.5. The van der Waals surface area contributed by atoms with Crippen molar-refractivity contribution in [1.29, 1.82) is 0 Å². The molecule has 2 amide bonds. The molecule has 2 heterocycles. The van der Waals surface area contributed by atoms with Crippen molar-refractivity contribution < 1.29 is 9.59 Å². The molecule has 178 valence electrons. The third-order valence-corrected chi connectivity index (χ3v) is 7.88. The highest BCUT2D eigenvalue weighted by Crippen LogP contribution is 2.39. The van der Waals surface area contributed by atoms with Gasteiger partial charge >= 0.3 is 0 Å². The van der Waals surface area contributed by atoms with Crippen LogP contribution in [-0.2, 0) is 22.4 Å². The lowest BCUT2D eigenvalue weighted by Gasteiger charge is -2.45. The van der Waals surface area contributed by atoms with E-state index in [0.717, 1.165) is 58.0 Å². The molecule has 2 fully saturated rings. The van der Waals surface area contributed by atoms with E-state index < -0.39 is 0 Å². The van der Waals surface area contributed by atoms with Crippen LogP contribution in [0.15, 0.2) is 54.1 Å². The van der Waals surface area contributed by atoms with Gasteiger partial charge in [-0.2, -0.15) is 0 Å². The molecule has 5 rings (SSSR count). The van der Waals surface area contributed by atoms with E-state index in [9.17, 15) is 9.59 Å². The second-order valence-corrected chi connectivity index (χ2v) is 9.77. The summed E-state index contributed by atoms with van der Waals surface area (Å²) < 4.78 is 0. The molecule has 0 saturated carbocycles. The van der Waals surface area contributed by atoms with Gasteiger partial charge in [-0.1, -0.05) is 54.1 Å². The topological polar surface area (TPSA) is 52.7 Å². The fourth-order valence-electron chi connectivity index (χ4n) is 6.10. The van der Waals surface area contributed by atoms with Gasteiger partial charge in [0.1, 0.15) is 0 Å². The van der Waals surface area contributed by atoms with E-state index in [4.69, 9.17) is 0 Å². The molecule has 2 unspecified atom stereocenters. The van der Waals surface area contributed by atoms with Crippen LogP contribution < -0.4 is 5.32 Å². The van der Waals surface area contributed by atoms with Gasteiger partial charge in [-0.3, -0.25) is 14.5 Å². The first kappa shape index (κ1) is 22.9. The molecule has 0 bridgehead atoms. The van der Waals surface area contributed by atoms with Crippen molar-refractivity contribution in [2.24, 2.45) is 5.92 Å². The van der Waals surface area contributed by atoms with Crippen LogP contribution in [0.3, 0.4) is 0 Å². The Morgan fingerprint density at radius 2 is 1.56 bits per heavy atom. The molecule has 2 aromatic carbocycles. The Labute approximate surface area is 202 Å². The first-order valence-corrected chi connectivity index (χ1v) is 12.8. The molecule has 0 radical (unpaired) electrons. The summed E-state index contributed by atoms with van der Waals surface area (Å²) in [4.78, 5) is 28.7. The van der Waals surface area contributed by atoms with Crippen LogP contribution in [0, 0.1) is 5.92 Å². The molecule has 1 N–H and O–H groups in total. The fraction of sp³-hybridized carbons (Fsp3) is 0.448. The average Bonchev–Trinajstić information content (AvgIpc) is 3.05. The van der Waals surface area contributed by atoms with Gasteiger partial charge in [0.2, 0.25) is 12.3 Å². The number of nitrogens with one attached hydrogen (secondary N) is 1. The standard InChI is InChI=1S/C29H35N3O2/c1-2-30-29(34)24-15-18-32(20-33)27(19-24)31-16-13-23(14-17-31)28-25-9-5-3-7-21(25)11-12-22-8-4-6-10-26(22)28/h3-10,20,24,27H,2,11-19H2,1H3,(H,30,34). The van der Waals surface area contributed by atoms with E-state index >= 15 is 0 Å². The van der Waals surface area contributed by atoms with Crippen LogP contribution in [-0.4, -0.2) is 54.5 Å². The Morgan fingerprint density at radius 1 is 0.941 bits per heavy atom. The normalized spacial score (nSPS) is 23.0. The monoisotopic (exact) mass is 457 g/mol. The summed E-state index contributed by atoms with van der Waals surface area (Å²) >= 11 is 0. The largest absolute Gasteiger partial charge is 0.356 e. The van der Waals surface area contributed by atoms with E-state index in [-0.39, 0.29) is 18.0 Å². The number of carbonyl (C=O) groups is 2. The Kier molecular flexibility index (Phi) is 6.82. The third-order valence-electron chi connectivity index (χ3n) is 7.88. The molecule has 5 nitrogen and oxygen atoms in total. The average molecular weight is 458 g/mol. The zero-order valence-corrected chi connectivity index (χ0v) is 20.1. The van der Waals surface area contributed by atoms with Gasteiger partial charge < -0.3 is 10.2 Å². The number of nitrogens with zero attached hydrogens (tertiary/aromatic N) is 2. The third kappa shape index (κ3) is 4.41. The second kappa shape index (κ2) is 10.1. The molecule has 3 aliphatic rings. The lowest BCUT2D eigenvalue weighted by molar-refractivity contribution is -0.135. The van der Waals surface area contributed by atoms with Crippen LogP contribution in [0.25, 0.3) is 5.57 Å². The number of rotatable bonds is 4. The number of piperidine rings is 2. The van der Waals surface area contributed by atoms with Crippen molar-refractivity contribution in [3.63, 3.8) is 0 Å². The molecule has 2 aliphatic heterocycles. The van der Waals surface area contributed by atoms with E-state index in [0.29, 0.717) is 13.1 Å². The Morgan fingerprint density at radius 3 is 2.15 bits per heavy atom. The highest BCUT2D eigenvalue weighted by molar-refractivity contribution is 5.86. The Bertz CT molecular complexity index is 1030. The Hall–Kier alpha value is -2.92. The van der Waals surface area contributed by atoms with Crippen molar-refractivity contribution in [3.8, 4) is 0 Å². The molecular weight excluding hydrogens is 422 g/mol. The fourth-order valence-corrected chi connectivity index (χ4v) is 6.10. The maximum Gasteiger partial charge on any atom is 0.223 e. The molecule has 0 aromatic heterocycles. The van der Waals surface area contributed by atoms with Gasteiger partial charge in [-0.25, -0.2) is 0 Å². The summed E-state index contributed by atoms with van der Waals surface area (Å²) in [5.41, 5.74) is 8.60. The molecule has 2 atom stereocenters. The summed E-state index contributed by atoms with van der Waals surface area (Å²) in [6.07, 6.45) is 6.60. The maximum absolute atomic E-state index is 12.5. The number of hydrogen-bond donors (Lipinski definition) is 1. The van der Waals surface area contributed by atoms with Crippen molar-refractivity contribution >= 4 is 17.9 Å². The van der Waals surface area contributed by atoms with E-state index in [1.807, 2.05) is 11.8 Å². The minimum Gasteiger partial charge on any atom is -0.356 e. The van der Waals surface area contributed by atoms with E-state index in [1.165, 1.54) is 33.4 Å². The highest BCUT2D eigenvalue weighted by atomic mass is 16.2. The van der Waals surface area contributed by atoms with Crippen molar-refractivity contribution in [1.82, 2.24) is 15.1 Å². The summed E-state index contributed by atoms with van der Waals surface area (Å²) in [7, 11) is 0. The maximum atomic E-state index is 12.5. The van der Waals surface area contributed by atoms with Crippen LogP contribution in [0.1, 0.15) is 54.9 Å². The van der Waals surface area contributed by atoms with Crippen LogP contribution in [0.5, 0.6) is 0 Å². The molecule has 2 aromatic rings. The number of carbonyl (C=O) groups excluding carboxylic acids is 2. The number of benzene rings is 2. The van der Waals surface area contributed by atoms with Crippen LogP contribution >= 0.6 is 0 Å². The SMILES string of the molecule is CCNC(=O)C1CCN(C=O)C(N2CCC(=C3c4ccccc4CCc4ccccc43)CC2)C1. The number of aryl methyl sites for hydroxylation is 2. The predicted octanol–water partition coefficient (Wildman–Crippen LogP) is 4.01. The van der Waals surface area contributed by atoms with Gasteiger partial charge in [0.15, 0.2) is 0 Å². The predicted molar refractivity (Wildman–Crippen MR) is 135 cm³/mol. The van der Waals surface area contributed by atoms with Crippen molar-refractivity contribution in [3.05, 3.63) is 76.4 Å². The van der Waals surface area contributed by atoms with Gasteiger partial charge in [0.05, 0.1) is 6.17 Å². The van der Waals surface area contributed by atoms with Gasteiger partial charge in [0.25, 0.3) is 0 Å². The molecule has 0 spiro atoms. The summed E-state index contributed by atoms with van der Waals surface area (Å²) in [5.74, 6) is 0.117. The summed E-state index contributed by atoms with van der Waals surface area (Å²) in [5, 5.41) is 2.97. The van der Waals surface area contributed by atoms with Crippen LogP contribution in [0.4, 0.5) is 0 Å². The minimum atomic E-state index is -0.0125. The van der Waals surface area contributed by atoms with Gasteiger partial charge in [-0.15, -0.1) is 0 Å². The van der Waals surface area contributed by atoms with Crippen molar-refractivity contribution in [2.75, 3.05) is 26.2 Å². The molecule has 1 aliphatic carbocycles. The van der Waals surface area contributed by atoms with Crippen LogP contribution in [0.2, 0.25) is 0 Å². The van der Waals surface area contributed by atoms with E-state index in [2.05, 4.69) is 58.7 Å². The summed E-state index contributed by atoms with van der Waals surface area (Å²) in [6, 6.07) is 17.8.